The van der Waals surface area contributed by atoms with Crippen LogP contribution in [0.4, 0.5) is 11.4 Å². The number of carbonyl (C=O) groups excluding carboxylic acids is 2. The van der Waals surface area contributed by atoms with Crippen molar-refractivity contribution in [2.24, 2.45) is 5.41 Å². The van der Waals surface area contributed by atoms with Crippen LogP contribution in [-0.4, -0.2) is 18.9 Å². The molecule has 2 amide bonds. The number of rotatable bonds is 6. The molecule has 0 spiro atoms. The maximum Gasteiger partial charge on any atom is 0.239 e. The van der Waals surface area contributed by atoms with Crippen molar-refractivity contribution in [1.29, 1.82) is 0 Å². The molecule has 0 aliphatic rings. The second-order valence-electron chi connectivity index (χ2n) is 6.73. The van der Waals surface area contributed by atoms with Crippen LogP contribution in [0.25, 0.3) is 0 Å². The Balaban J connectivity index is 2.18. The summed E-state index contributed by atoms with van der Waals surface area (Å²) in [4.78, 5) is 25.5. The van der Waals surface area contributed by atoms with Crippen molar-refractivity contribution in [2.45, 2.75) is 34.1 Å². The summed E-state index contributed by atoms with van der Waals surface area (Å²) in [6, 6.07) is 12.9. The van der Waals surface area contributed by atoms with E-state index in [0.29, 0.717) is 11.4 Å². The minimum absolute atomic E-state index is 0.345. The molecule has 138 valence electrons. The Kier molecular flexibility index (Phi) is 6.03. The van der Waals surface area contributed by atoms with Crippen LogP contribution in [-0.2, 0) is 16.0 Å². The lowest BCUT2D eigenvalue weighted by Gasteiger charge is -2.24. The summed E-state index contributed by atoms with van der Waals surface area (Å²) < 4.78 is 5.16. The monoisotopic (exact) mass is 354 g/mol. The number of amides is 2. The number of hydrogen-bond donors (Lipinski definition) is 2. The van der Waals surface area contributed by atoms with Gasteiger partial charge in [-0.15, -0.1) is 0 Å². The van der Waals surface area contributed by atoms with E-state index < -0.39 is 5.41 Å². The number of para-hydroxylation sites is 1. The Bertz CT molecular complexity index is 813. The Morgan fingerprint density at radius 2 is 1.69 bits per heavy atom. The molecule has 2 aromatic rings. The Hall–Kier alpha value is -2.82. The summed E-state index contributed by atoms with van der Waals surface area (Å²) in [6.45, 7) is 7.20. The van der Waals surface area contributed by atoms with Crippen molar-refractivity contribution >= 4 is 23.2 Å². The van der Waals surface area contributed by atoms with E-state index >= 15 is 0 Å². The van der Waals surface area contributed by atoms with Crippen LogP contribution in [0, 0.1) is 12.3 Å². The smallest absolute Gasteiger partial charge is 0.239 e. The van der Waals surface area contributed by atoms with Gasteiger partial charge in [-0.25, -0.2) is 0 Å². The van der Waals surface area contributed by atoms with E-state index in [1.165, 1.54) is 0 Å². The van der Waals surface area contributed by atoms with E-state index in [9.17, 15) is 9.59 Å². The van der Waals surface area contributed by atoms with E-state index in [2.05, 4.69) is 10.6 Å². The molecule has 0 bridgehead atoms. The number of nitrogens with one attached hydrogen (secondary N) is 2. The van der Waals surface area contributed by atoms with Gasteiger partial charge in [0.1, 0.15) is 11.2 Å². The van der Waals surface area contributed by atoms with Crippen LogP contribution in [0.3, 0.4) is 0 Å². The summed E-state index contributed by atoms with van der Waals surface area (Å²) in [5, 5.41) is 5.72. The van der Waals surface area contributed by atoms with Gasteiger partial charge in [0.05, 0.1) is 7.11 Å². The van der Waals surface area contributed by atoms with Gasteiger partial charge < -0.3 is 15.4 Å². The number of benzene rings is 2. The zero-order chi connectivity index (χ0) is 19.3. The quantitative estimate of drug-likeness (QED) is 0.765. The number of methoxy groups -OCH3 is 1. The van der Waals surface area contributed by atoms with Crippen LogP contribution in [0.5, 0.6) is 5.75 Å². The number of carbonyl (C=O) groups is 2. The van der Waals surface area contributed by atoms with Crippen molar-refractivity contribution in [3.8, 4) is 5.75 Å². The third-order valence-electron chi connectivity index (χ3n) is 4.44. The van der Waals surface area contributed by atoms with E-state index in [4.69, 9.17) is 4.74 Å². The molecule has 2 N–H and O–H groups in total. The number of anilines is 2. The minimum Gasteiger partial charge on any atom is -0.497 e. The molecule has 0 aromatic heterocycles. The van der Waals surface area contributed by atoms with Crippen molar-refractivity contribution in [1.82, 2.24) is 0 Å². The topological polar surface area (TPSA) is 67.4 Å². The first-order valence-electron chi connectivity index (χ1n) is 8.65. The van der Waals surface area contributed by atoms with E-state index in [1.807, 2.05) is 32.0 Å². The fourth-order valence-corrected chi connectivity index (χ4v) is 2.56. The highest BCUT2D eigenvalue weighted by atomic mass is 16.5. The molecule has 5 heteroatoms. The molecule has 26 heavy (non-hydrogen) atoms. The van der Waals surface area contributed by atoms with Gasteiger partial charge >= 0.3 is 0 Å². The molecular formula is C21H26N2O3. The highest BCUT2D eigenvalue weighted by Gasteiger charge is 2.36. The van der Waals surface area contributed by atoms with Crippen LogP contribution < -0.4 is 15.4 Å². The average molecular weight is 354 g/mol. The van der Waals surface area contributed by atoms with Gasteiger partial charge in [0.2, 0.25) is 11.8 Å². The lowest BCUT2D eigenvalue weighted by Crippen LogP contribution is -2.41. The minimum atomic E-state index is -1.24. The van der Waals surface area contributed by atoms with Gasteiger partial charge in [-0.3, -0.25) is 9.59 Å². The highest BCUT2D eigenvalue weighted by Crippen LogP contribution is 2.26. The first-order valence-corrected chi connectivity index (χ1v) is 8.65. The maximum absolute atomic E-state index is 12.8. The van der Waals surface area contributed by atoms with Crippen molar-refractivity contribution in [3.05, 3.63) is 53.6 Å². The van der Waals surface area contributed by atoms with Crippen LogP contribution >= 0.6 is 0 Å². The number of aryl methyl sites for hydroxylation is 2. The molecule has 0 unspecified atom stereocenters. The predicted octanol–water partition coefficient (Wildman–Crippen LogP) is 4.17. The molecular weight excluding hydrogens is 328 g/mol. The summed E-state index contributed by atoms with van der Waals surface area (Å²) in [6.07, 6.45) is 0.799. The summed E-state index contributed by atoms with van der Waals surface area (Å²) in [5.41, 5.74) is 2.14. The molecule has 0 aliphatic carbocycles. The molecule has 0 saturated carbocycles. The van der Waals surface area contributed by atoms with Crippen molar-refractivity contribution in [3.63, 3.8) is 0 Å². The Morgan fingerprint density at radius 3 is 2.35 bits per heavy atom. The molecule has 5 nitrogen and oxygen atoms in total. The third-order valence-corrected chi connectivity index (χ3v) is 4.44. The fourth-order valence-electron chi connectivity index (χ4n) is 2.56. The fraction of sp³-hybridized carbons (Fsp3) is 0.333. The lowest BCUT2D eigenvalue weighted by atomic mass is 9.90. The van der Waals surface area contributed by atoms with E-state index in [-0.39, 0.29) is 11.8 Å². The highest BCUT2D eigenvalue weighted by molar-refractivity contribution is 6.14. The van der Waals surface area contributed by atoms with Crippen molar-refractivity contribution < 1.29 is 14.3 Å². The molecule has 2 aromatic carbocycles. The standard InChI is InChI=1S/C21H26N2O3/c1-6-15-10-7-9-14(2)18(15)23-20(25)21(3,4)19(24)22-16-11-8-12-17(13-16)26-5/h7-13H,6H2,1-5H3,(H,22,24)(H,23,25). The second-order valence-corrected chi connectivity index (χ2v) is 6.73. The SMILES string of the molecule is CCc1cccc(C)c1NC(=O)C(C)(C)C(=O)Nc1cccc(OC)c1. The van der Waals surface area contributed by atoms with Crippen LogP contribution in [0.15, 0.2) is 42.5 Å². The maximum atomic E-state index is 12.8. The van der Waals surface area contributed by atoms with E-state index in [1.54, 1.807) is 45.2 Å². The first kappa shape index (κ1) is 19.5. The predicted molar refractivity (Wildman–Crippen MR) is 105 cm³/mol. The first-order chi connectivity index (χ1) is 12.3. The number of ether oxygens (including phenoxy) is 1. The van der Waals surface area contributed by atoms with Gasteiger partial charge in [-0.2, -0.15) is 0 Å². The molecule has 0 atom stereocenters. The normalized spacial score (nSPS) is 11.0. The molecule has 0 fully saturated rings. The summed E-state index contributed by atoms with van der Waals surface area (Å²) in [5.74, 6) is -0.0886. The van der Waals surface area contributed by atoms with Gasteiger partial charge in [0.15, 0.2) is 0 Å². The molecule has 0 saturated heterocycles. The molecule has 0 aliphatic heterocycles. The van der Waals surface area contributed by atoms with Gasteiger partial charge in [-0.05, 0) is 50.5 Å². The zero-order valence-electron chi connectivity index (χ0n) is 16.0. The number of hydrogen-bond acceptors (Lipinski definition) is 3. The Labute approximate surface area is 154 Å². The van der Waals surface area contributed by atoms with Crippen LogP contribution in [0.2, 0.25) is 0 Å². The largest absolute Gasteiger partial charge is 0.497 e. The van der Waals surface area contributed by atoms with Gasteiger partial charge in [0.25, 0.3) is 0 Å². The van der Waals surface area contributed by atoms with Gasteiger partial charge in [-0.1, -0.05) is 31.2 Å². The lowest BCUT2D eigenvalue weighted by molar-refractivity contribution is -0.135. The summed E-state index contributed by atoms with van der Waals surface area (Å²) >= 11 is 0. The average Bonchev–Trinajstić information content (AvgIpc) is 2.63. The molecule has 2 rings (SSSR count). The third kappa shape index (κ3) is 4.23. The second kappa shape index (κ2) is 8.04. The van der Waals surface area contributed by atoms with Gasteiger partial charge in [0, 0.05) is 17.4 Å². The Morgan fingerprint density at radius 1 is 1.04 bits per heavy atom. The molecule has 0 heterocycles. The zero-order valence-corrected chi connectivity index (χ0v) is 16.0. The van der Waals surface area contributed by atoms with E-state index in [0.717, 1.165) is 23.2 Å². The van der Waals surface area contributed by atoms with Crippen LogP contribution in [0.1, 0.15) is 31.9 Å². The molecule has 0 radical (unpaired) electrons. The summed E-state index contributed by atoms with van der Waals surface area (Å²) in [7, 11) is 1.56. The van der Waals surface area contributed by atoms with Crippen molar-refractivity contribution in [2.75, 3.05) is 17.7 Å².